The number of nitrogens with zero attached hydrogens (tertiary/aromatic N) is 1. The van der Waals surface area contributed by atoms with Crippen molar-refractivity contribution in [1.82, 2.24) is 4.90 Å². The van der Waals surface area contributed by atoms with Crippen molar-refractivity contribution in [3.8, 4) is 11.5 Å². The Kier molecular flexibility index (Phi) is 7.16. The Morgan fingerprint density at radius 2 is 2.00 bits per heavy atom. The molecule has 0 radical (unpaired) electrons. The Balaban J connectivity index is 0.00000289. The van der Waals surface area contributed by atoms with Crippen molar-refractivity contribution in [3.63, 3.8) is 0 Å². The van der Waals surface area contributed by atoms with Gasteiger partial charge in [-0.25, -0.2) is 0 Å². The first-order chi connectivity index (χ1) is 8.08. The van der Waals surface area contributed by atoms with E-state index in [-0.39, 0.29) is 24.9 Å². The first-order valence-electron chi connectivity index (χ1n) is 5.28. The summed E-state index contributed by atoms with van der Waals surface area (Å²) in [5.74, 6) is 1.02. The smallest absolute Gasteiger partial charge is 0.259 e. The maximum absolute atomic E-state index is 11.4. The van der Waals surface area contributed by atoms with Crippen LogP contribution in [0, 0.1) is 0 Å². The number of ether oxygens (including phenoxy) is 2. The van der Waals surface area contributed by atoms with Crippen LogP contribution in [-0.4, -0.2) is 38.6 Å². The minimum absolute atomic E-state index is 0. The highest BCUT2D eigenvalue weighted by molar-refractivity contribution is 5.85. The molecule has 0 spiro atoms. The molecule has 0 atom stereocenters. The summed E-state index contributed by atoms with van der Waals surface area (Å²) in [6, 6.07) is 5.40. The number of rotatable bonds is 5. The lowest BCUT2D eigenvalue weighted by Crippen LogP contribution is -2.27. The van der Waals surface area contributed by atoms with Crippen LogP contribution in [0.4, 0.5) is 0 Å². The fourth-order valence-corrected chi connectivity index (χ4v) is 1.23. The van der Waals surface area contributed by atoms with Crippen LogP contribution in [-0.2, 0) is 11.3 Å². The van der Waals surface area contributed by atoms with Crippen molar-refractivity contribution in [3.05, 3.63) is 23.8 Å². The molecule has 0 saturated carbocycles. The molecule has 0 heterocycles. The molecular weight excluding hydrogens is 256 g/mol. The van der Waals surface area contributed by atoms with Gasteiger partial charge in [0.05, 0.1) is 7.11 Å². The van der Waals surface area contributed by atoms with Gasteiger partial charge in [0.25, 0.3) is 5.91 Å². The topological polar surface area (TPSA) is 64.8 Å². The van der Waals surface area contributed by atoms with Gasteiger partial charge >= 0.3 is 0 Å². The summed E-state index contributed by atoms with van der Waals surface area (Å²) in [6.45, 7) is 0.429. The third kappa shape index (κ3) is 4.43. The Bertz CT molecular complexity index is 397. The number of benzene rings is 1. The number of methoxy groups -OCH3 is 1. The van der Waals surface area contributed by atoms with E-state index in [2.05, 4.69) is 0 Å². The van der Waals surface area contributed by atoms with Gasteiger partial charge in [-0.3, -0.25) is 4.79 Å². The summed E-state index contributed by atoms with van der Waals surface area (Å²) in [5.41, 5.74) is 6.48. The molecule has 1 aromatic carbocycles. The van der Waals surface area contributed by atoms with Crippen LogP contribution in [0.25, 0.3) is 0 Å². The lowest BCUT2D eigenvalue weighted by molar-refractivity contribution is -0.130. The second-order valence-electron chi connectivity index (χ2n) is 3.77. The number of nitrogens with two attached hydrogens (primary N) is 1. The van der Waals surface area contributed by atoms with E-state index in [0.29, 0.717) is 18.0 Å². The molecule has 0 aromatic heterocycles. The van der Waals surface area contributed by atoms with Crippen LogP contribution in [0.5, 0.6) is 11.5 Å². The zero-order chi connectivity index (χ0) is 12.8. The van der Waals surface area contributed by atoms with Crippen LogP contribution >= 0.6 is 12.4 Å². The molecule has 1 rings (SSSR count). The van der Waals surface area contributed by atoms with Gasteiger partial charge in [0, 0.05) is 20.6 Å². The first kappa shape index (κ1) is 16.5. The summed E-state index contributed by atoms with van der Waals surface area (Å²) in [7, 11) is 4.91. The Hall–Kier alpha value is -1.46. The first-order valence-corrected chi connectivity index (χ1v) is 5.28. The highest BCUT2D eigenvalue weighted by atomic mass is 35.5. The highest BCUT2D eigenvalue weighted by Gasteiger charge is 2.09. The summed E-state index contributed by atoms with van der Waals surface area (Å²) < 4.78 is 10.6. The predicted octanol–water partition coefficient (Wildman–Crippen LogP) is 1.04. The summed E-state index contributed by atoms with van der Waals surface area (Å²) in [4.78, 5) is 12.9. The van der Waals surface area contributed by atoms with E-state index in [1.807, 2.05) is 6.07 Å². The van der Waals surface area contributed by atoms with Gasteiger partial charge < -0.3 is 20.1 Å². The molecule has 2 N–H and O–H groups in total. The standard InChI is InChI=1S/C12H18N2O3.ClH/c1-14(2)12(15)8-17-10-5-4-9(7-13)6-11(10)16-3;/h4-6H,7-8,13H2,1-3H3;1H. The monoisotopic (exact) mass is 274 g/mol. The highest BCUT2D eigenvalue weighted by Crippen LogP contribution is 2.27. The Morgan fingerprint density at radius 3 is 2.50 bits per heavy atom. The van der Waals surface area contributed by atoms with Crippen molar-refractivity contribution < 1.29 is 14.3 Å². The molecule has 0 bridgehead atoms. The lowest BCUT2D eigenvalue weighted by Gasteiger charge is -2.14. The zero-order valence-corrected chi connectivity index (χ0v) is 11.6. The fraction of sp³-hybridized carbons (Fsp3) is 0.417. The summed E-state index contributed by atoms with van der Waals surface area (Å²) >= 11 is 0. The third-order valence-corrected chi connectivity index (χ3v) is 2.31. The van der Waals surface area contributed by atoms with Crippen LogP contribution in [0.2, 0.25) is 0 Å². The van der Waals surface area contributed by atoms with E-state index >= 15 is 0 Å². The van der Waals surface area contributed by atoms with E-state index in [1.54, 1.807) is 33.3 Å². The average molecular weight is 275 g/mol. The molecule has 0 saturated heterocycles. The summed E-state index contributed by atoms with van der Waals surface area (Å²) in [6.07, 6.45) is 0. The average Bonchev–Trinajstić information content (AvgIpc) is 2.35. The lowest BCUT2D eigenvalue weighted by atomic mass is 10.2. The van der Waals surface area contributed by atoms with Crippen LogP contribution in [0.1, 0.15) is 5.56 Å². The molecule has 6 heteroatoms. The molecule has 0 fully saturated rings. The van der Waals surface area contributed by atoms with Gasteiger partial charge in [0.1, 0.15) is 0 Å². The minimum Gasteiger partial charge on any atom is -0.493 e. The SMILES string of the molecule is COc1cc(CN)ccc1OCC(=O)N(C)C.Cl. The quantitative estimate of drug-likeness (QED) is 0.871. The molecular formula is C12H19ClN2O3. The van der Waals surface area contributed by atoms with Gasteiger partial charge in [0.15, 0.2) is 18.1 Å². The molecule has 5 nitrogen and oxygen atoms in total. The van der Waals surface area contributed by atoms with E-state index in [0.717, 1.165) is 5.56 Å². The number of halogens is 1. The molecule has 0 aliphatic rings. The van der Waals surface area contributed by atoms with Crippen molar-refractivity contribution in [2.75, 3.05) is 27.8 Å². The normalized spacial score (nSPS) is 9.33. The Labute approximate surface area is 113 Å². The van der Waals surface area contributed by atoms with E-state index in [1.165, 1.54) is 4.90 Å². The van der Waals surface area contributed by atoms with Crippen molar-refractivity contribution in [1.29, 1.82) is 0 Å². The summed E-state index contributed by atoms with van der Waals surface area (Å²) in [5, 5.41) is 0. The molecule has 0 aliphatic carbocycles. The molecule has 1 amide bonds. The zero-order valence-electron chi connectivity index (χ0n) is 10.8. The molecule has 0 aliphatic heterocycles. The molecule has 18 heavy (non-hydrogen) atoms. The number of likely N-dealkylation sites (N-methyl/N-ethyl adjacent to an activating group) is 1. The van der Waals surface area contributed by atoms with Crippen molar-refractivity contribution in [2.24, 2.45) is 5.73 Å². The predicted molar refractivity (Wildman–Crippen MR) is 72.3 cm³/mol. The largest absolute Gasteiger partial charge is 0.493 e. The number of hydrogen-bond acceptors (Lipinski definition) is 4. The van der Waals surface area contributed by atoms with Crippen LogP contribution in [0.3, 0.4) is 0 Å². The maximum atomic E-state index is 11.4. The Morgan fingerprint density at radius 1 is 1.33 bits per heavy atom. The second kappa shape index (κ2) is 7.79. The van der Waals surface area contributed by atoms with Crippen LogP contribution < -0.4 is 15.2 Å². The number of carbonyl (C=O) groups is 1. The number of hydrogen-bond donors (Lipinski definition) is 1. The maximum Gasteiger partial charge on any atom is 0.259 e. The second-order valence-corrected chi connectivity index (χ2v) is 3.77. The van der Waals surface area contributed by atoms with Gasteiger partial charge in [-0.05, 0) is 17.7 Å². The molecule has 0 unspecified atom stereocenters. The van der Waals surface area contributed by atoms with Gasteiger partial charge in [-0.1, -0.05) is 6.07 Å². The van der Waals surface area contributed by atoms with Gasteiger partial charge in [-0.15, -0.1) is 12.4 Å². The fourth-order valence-electron chi connectivity index (χ4n) is 1.23. The van der Waals surface area contributed by atoms with Crippen molar-refractivity contribution in [2.45, 2.75) is 6.54 Å². The van der Waals surface area contributed by atoms with Crippen molar-refractivity contribution >= 4 is 18.3 Å². The number of amides is 1. The van der Waals surface area contributed by atoms with E-state index in [9.17, 15) is 4.79 Å². The van der Waals surface area contributed by atoms with Crippen LogP contribution in [0.15, 0.2) is 18.2 Å². The third-order valence-electron chi connectivity index (χ3n) is 2.31. The van der Waals surface area contributed by atoms with E-state index in [4.69, 9.17) is 15.2 Å². The minimum atomic E-state index is -0.102. The molecule has 102 valence electrons. The van der Waals surface area contributed by atoms with Gasteiger partial charge in [0.2, 0.25) is 0 Å². The van der Waals surface area contributed by atoms with Gasteiger partial charge in [-0.2, -0.15) is 0 Å². The number of carbonyl (C=O) groups excluding carboxylic acids is 1. The molecule has 1 aromatic rings. The van der Waals surface area contributed by atoms with E-state index < -0.39 is 0 Å².